The number of hydrogen-bond acceptors (Lipinski definition) is 5. The Hall–Kier alpha value is -3.63. The molecule has 0 saturated heterocycles. The SMILES string of the molecule is CCCOC(=O)Cc1c(C)n(C(=O)c2ccc(OC(F)(F)F)cc2)c2cc(F)c(O)c(F)c12. The van der Waals surface area contributed by atoms with Gasteiger partial charge in [-0.3, -0.25) is 14.2 Å². The number of aromatic hydroxyl groups is 1. The van der Waals surface area contributed by atoms with E-state index in [2.05, 4.69) is 4.74 Å². The van der Waals surface area contributed by atoms with E-state index in [1.807, 2.05) is 0 Å². The molecule has 0 fully saturated rings. The molecular formula is C22H18F5NO5. The van der Waals surface area contributed by atoms with Crippen molar-refractivity contribution in [1.82, 2.24) is 4.57 Å². The summed E-state index contributed by atoms with van der Waals surface area (Å²) in [5, 5.41) is 9.37. The summed E-state index contributed by atoms with van der Waals surface area (Å²) in [6.07, 6.45) is -4.83. The average Bonchev–Trinajstić information content (AvgIpc) is 3.00. The van der Waals surface area contributed by atoms with Gasteiger partial charge >= 0.3 is 12.3 Å². The maximum absolute atomic E-state index is 14.8. The topological polar surface area (TPSA) is 77.8 Å². The second kappa shape index (κ2) is 9.08. The van der Waals surface area contributed by atoms with Gasteiger partial charge in [0.2, 0.25) is 0 Å². The van der Waals surface area contributed by atoms with Crippen molar-refractivity contribution < 1.29 is 46.1 Å². The van der Waals surface area contributed by atoms with Crippen LogP contribution in [-0.2, 0) is 16.0 Å². The third kappa shape index (κ3) is 4.91. The Balaban J connectivity index is 2.11. The molecule has 176 valence electrons. The number of halogens is 5. The molecule has 0 aliphatic carbocycles. The van der Waals surface area contributed by atoms with E-state index in [-0.39, 0.29) is 34.3 Å². The van der Waals surface area contributed by atoms with Gasteiger partial charge in [-0.1, -0.05) is 6.92 Å². The van der Waals surface area contributed by atoms with E-state index in [1.165, 1.54) is 6.92 Å². The van der Waals surface area contributed by atoms with E-state index in [0.29, 0.717) is 6.42 Å². The first-order valence-electron chi connectivity index (χ1n) is 9.71. The van der Waals surface area contributed by atoms with Crippen LogP contribution in [0.1, 0.15) is 35.0 Å². The van der Waals surface area contributed by atoms with Crippen LogP contribution < -0.4 is 4.74 Å². The standard InChI is InChI=1S/C22H18F5NO5/c1-3-8-32-17(29)9-14-11(2)28(16-10-15(23)20(30)19(24)18(14)16)21(31)12-4-6-13(7-5-12)33-22(25,26)27/h4-7,10,30H,3,8-9H2,1-2H3. The van der Waals surface area contributed by atoms with Crippen LogP contribution in [0.5, 0.6) is 11.5 Å². The molecule has 0 unspecified atom stereocenters. The Kier molecular flexibility index (Phi) is 6.61. The summed E-state index contributed by atoms with van der Waals surface area (Å²) in [6.45, 7) is 3.27. The molecule has 0 aliphatic heterocycles. The van der Waals surface area contributed by atoms with Crippen LogP contribution in [-0.4, -0.2) is 34.5 Å². The maximum Gasteiger partial charge on any atom is 0.573 e. The van der Waals surface area contributed by atoms with Crippen LogP contribution in [0.15, 0.2) is 30.3 Å². The van der Waals surface area contributed by atoms with Crippen LogP contribution in [0.25, 0.3) is 10.9 Å². The van der Waals surface area contributed by atoms with Crippen LogP contribution in [0.2, 0.25) is 0 Å². The number of carbonyl (C=O) groups is 2. The summed E-state index contributed by atoms with van der Waals surface area (Å²) in [6, 6.07) is 4.67. The number of rotatable bonds is 6. The molecule has 0 atom stereocenters. The Bertz CT molecular complexity index is 1220. The van der Waals surface area contributed by atoms with Crippen LogP contribution in [0.4, 0.5) is 22.0 Å². The fourth-order valence-electron chi connectivity index (χ4n) is 3.37. The van der Waals surface area contributed by atoms with Crippen LogP contribution in [0, 0.1) is 18.6 Å². The van der Waals surface area contributed by atoms with Gasteiger partial charge in [-0.25, -0.2) is 8.78 Å². The minimum absolute atomic E-state index is 0.00396. The second-order valence-corrected chi connectivity index (χ2v) is 7.09. The number of phenols is 1. The number of benzene rings is 2. The Morgan fingerprint density at radius 2 is 1.76 bits per heavy atom. The summed E-state index contributed by atoms with van der Waals surface area (Å²) >= 11 is 0. The van der Waals surface area contributed by atoms with Crippen molar-refractivity contribution in [3.05, 3.63) is 58.8 Å². The van der Waals surface area contributed by atoms with Crippen molar-refractivity contribution >= 4 is 22.8 Å². The van der Waals surface area contributed by atoms with Gasteiger partial charge in [0.15, 0.2) is 17.4 Å². The van der Waals surface area contributed by atoms with Crippen molar-refractivity contribution in [3.8, 4) is 11.5 Å². The highest BCUT2D eigenvalue weighted by molar-refractivity contribution is 6.05. The van der Waals surface area contributed by atoms with Crippen LogP contribution >= 0.6 is 0 Å². The molecule has 0 saturated carbocycles. The van der Waals surface area contributed by atoms with E-state index in [0.717, 1.165) is 34.9 Å². The Morgan fingerprint density at radius 3 is 2.33 bits per heavy atom. The van der Waals surface area contributed by atoms with Gasteiger partial charge in [0, 0.05) is 22.7 Å². The fourth-order valence-corrected chi connectivity index (χ4v) is 3.37. The van der Waals surface area contributed by atoms with Crippen molar-refractivity contribution in [1.29, 1.82) is 0 Å². The lowest BCUT2D eigenvalue weighted by molar-refractivity contribution is -0.274. The van der Waals surface area contributed by atoms with E-state index >= 15 is 0 Å². The van der Waals surface area contributed by atoms with E-state index in [1.54, 1.807) is 6.92 Å². The summed E-state index contributed by atoms with van der Waals surface area (Å²) in [7, 11) is 0. The quantitative estimate of drug-likeness (QED) is 0.404. The lowest BCUT2D eigenvalue weighted by Crippen LogP contribution is -2.17. The van der Waals surface area contributed by atoms with Gasteiger partial charge in [0.25, 0.3) is 5.91 Å². The zero-order valence-electron chi connectivity index (χ0n) is 17.4. The van der Waals surface area contributed by atoms with Crippen molar-refractivity contribution in [2.45, 2.75) is 33.1 Å². The van der Waals surface area contributed by atoms with Gasteiger partial charge in [0.05, 0.1) is 18.5 Å². The number of nitrogens with zero attached hydrogens (tertiary/aromatic N) is 1. The molecule has 0 aliphatic rings. The van der Waals surface area contributed by atoms with E-state index in [4.69, 9.17) is 4.74 Å². The minimum atomic E-state index is -4.92. The fraction of sp³-hybridized carbons (Fsp3) is 0.273. The number of alkyl halides is 3. The molecule has 1 N–H and O–H groups in total. The molecule has 6 nitrogen and oxygen atoms in total. The normalized spacial score (nSPS) is 11.6. The van der Waals surface area contributed by atoms with Gasteiger partial charge in [-0.05, 0) is 43.2 Å². The summed E-state index contributed by atoms with van der Waals surface area (Å²) in [5.41, 5.74) is -0.301. The van der Waals surface area contributed by atoms with E-state index < -0.39 is 47.8 Å². The molecule has 3 rings (SSSR count). The Morgan fingerprint density at radius 1 is 1.12 bits per heavy atom. The van der Waals surface area contributed by atoms with E-state index in [9.17, 15) is 36.6 Å². The molecule has 0 amide bonds. The number of carbonyl (C=O) groups excluding carboxylic acids is 2. The molecule has 1 aromatic heterocycles. The lowest BCUT2D eigenvalue weighted by Gasteiger charge is -2.11. The lowest BCUT2D eigenvalue weighted by atomic mass is 10.1. The average molecular weight is 471 g/mol. The summed E-state index contributed by atoms with van der Waals surface area (Å²) in [4.78, 5) is 25.3. The molecule has 2 aromatic carbocycles. The third-order valence-corrected chi connectivity index (χ3v) is 4.81. The highest BCUT2D eigenvalue weighted by Gasteiger charge is 2.31. The molecule has 0 bridgehead atoms. The summed E-state index contributed by atoms with van der Waals surface area (Å²) < 4.78 is 75.7. The van der Waals surface area contributed by atoms with Crippen molar-refractivity contribution in [2.75, 3.05) is 6.61 Å². The van der Waals surface area contributed by atoms with Gasteiger partial charge in [-0.15, -0.1) is 13.2 Å². The summed E-state index contributed by atoms with van der Waals surface area (Å²) in [5.74, 6) is -6.07. The number of ether oxygens (including phenoxy) is 2. The molecular weight excluding hydrogens is 453 g/mol. The van der Waals surface area contributed by atoms with Crippen LogP contribution in [0.3, 0.4) is 0 Å². The predicted molar refractivity (Wildman–Crippen MR) is 106 cm³/mol. The number of aromatic nitrogens is 1. The second-order valence-electron chi connectivity index (χ2n) is 7.09. The largest absolute Gasteiger partial charge is 0.573 e. The zero-order chi connectivity index (χ0) is 24.5. The smallest absolute Gasteiger partial charge is 0.503 e. The molecule has 0 spiro atoms. The van der Waals surface area contributed by atoms with Gasteiger partial charge < -0.3 is 14.6 Å². The monoisotopic (exact) mass is 471 g/mol. The highest BCUT2D eigenvalue weighted by atomic mass is 19.4. The zero-order valence-corrected chi connectivity index (χ0v) is 17.4. The first-order chi connectivity index (χ1) is 15.4. The van der Waals surface area contributed by atoms with Gasteiger partial charge in [0.1, 0.15) is 5.75 Å². The highest BCUT2D eigenvalue weighted by Crippen LogP contribution is 2.35. The number of phenolic OH excluding ortho intramolecular Hbond substituents is 1. The van der Waals surface area contributed by atoms with Crippen molar-refractivity contribution in [2.24, 2.45) is 0 Å². The molecule has 33 heavy (non-hydrogen) atoms. The molecule has 1 heterocycles. The first-order valence-corrected chi connectivity index (χ1v) is 9.71. The number of esters is 1. The number of hydrogen-bond donors (Lipinski definition) is 1. The minimum Gasteiger partial charge on any atom is -0.503 e. The predicted octanol–water partition coefficient (Wildman–Crippen LogP) is 5.02. The molecule has 11 heteroatoms. The maximum atomic E-state index is 14.8. The first kappa shape index (κ1) is 24.0. The number of fused-ring (bicyclic) bond motifs is 1. The van der Waals surface area contributed by atoms with Gasteiger partial charge in [-0.2, -0.15) is 0 Å². The molecule has 0 radical (unpaired) electrons. The van der Waals surface area contributed by atoms with Crippen molar-refractivity contribution in [3.63, 3.8) is 0 Å². The third-order valence-electron chi connectivity index (χ3n) is 4.81. The molecule has 3 aromatic rings. The Labute approximate surface area is 184 Å².